The average Bonchev–Trinajstić information content (AvgIpc) is 3.05. The molecule has 0 bridgehead atoms. The predicted octanol–water partition coefficient (Wildman–Crippen LogP) is 2.50. The first-order valence-corrected chi connectivity index (χ1v) is 7.46. The van der Waals surface area contributed by atoms with Gasteiger partial charge in [-0.2, -0.15) is 0 Å². The third kappa shape index (κ3) is 4.89. The second kappa shape index (κ2) is 8.42. The third-order valence-electron chi connectivity index (χ3n) is 4.21. The SMILES string of the molecule is Cl.Cl.O=C(NC1CCN(c2c(F)cccc2F)C1)C1CC(F)(F)CN1. The van der Waals surface area contributed by atoms with Crippen molar-refractivity contribution in [1.82, 2.24) is 10.6 Å². The summed E-state index contributed by atoms with van der Waals surface area (Å²) in [6.45, 7) is 0.117. The molecule has 1 aromatic rings. The highest BCUT2D eigenvalue weighted by Crippen LogP contribution is 2.28. The molecule has 2 heterocycles. The molecule has 0 saturated carbocycles. The van der Waals surface area contributed by atoms with Crippen LogP contribution in [0.15, 0.2) is 18.2 Å². The lowest BCUT2D eigenvalue weighted by Crippen LogP contribution is -2.46. The van der Waals surface area contributed by atoms with Gasteiger partial charge in [-0.1, -0.05) is 6.07 Å². The van der Waals surface area contributed by atoms with Crippen molar-refractivity contribution in [2.24, 2.45) is 0 Å². The van der Waals surface area contributed by atoms with Crippen molar-refractivity contribution >= 4 is 36.4 Å². The molecule has 2 aliphatic rings. The van der Waals surface area contributed by atoms with Crippen LogP contribution in [0.3, 0.4) is 0 Å². The zero-order valence-electron chi connectivity index (χ0n) is 13.1. The van der Waals surface area contributed by atoms with E-state index in [1.165, 1.54) is 23.1 Å². The van der Waals surface area contributed by atoms with Gasteiger partial charge in [-0.3, -0.25) is 10.1 Å². The standard InChI is InChI=1S/C15H17F4N3O.2ClH/c16-10-2-1-3-11(17)13(10)22-5-4-9(7-22)21-14(23)12-6-15(18,19)8-20-12;;/h1-3,9,12,20H,4-8H2,(H,21,23);2*1H. The van der Waals surface area contributed by atoms with Crippen LogP contribution in [-0.4, -0.2) is 43.5 Å². The molecule has 1 aromatic carbocycles. The molecule has 2 aliphatic heterocycles. The summed E-state index contributed by atoms with van der Waals surface area (Å²) in [7, 11) is 0. The Balaban J connectivity index is 0.00000156. The lowest BCUT2D eigenvalue weighted by atomic mass is 10.1. The quantitative estimate of drug-likeness (QED) is 0.762. The molecule has 0 aliphatic carbocycles. The molecule has 2 N–H and O–H groups in total. The summed E-state index contributed by atoms with van der Waals surface area (Å²) in [5.41, 5.74) is -0.116. The first kappa shape index (κ1) is 21.8. The van der Waals surface area contributed by atoms with Crippen molar-refractivity contribution in [3.05, 3.63) is 29.8 Å². The van der Waals surface area contributed by atoms with Gasteiger partial charge >= 0.3 is 0 Å². The summed E-state index contributed by atoms with van der Waals surface area (Å²) in [5, 5.41) is 5.16. The van der Waals surface area contributed by atoms with Crippen molar-refractivity contribution in [1.29, 1.82) is 0 Å². The van der Waals surface area contributed by atoms with Gasteiger partial charge in [0.15, 0.2) is 0 Å². The predicted molar refractivity (Wildman–Crippen MR) is 91.0 cm³/mol. The van der Waals surface area contributed by atoms with Crippen molar-refractivity contribution in [3.8, 4) is 0 Å². The molecule has 0 spiro atoms. The van der Waals surface area contributed by atoms with Crippen molar-refractivity contribution < 1.29 is 22.4 Å². The summed E-state index contributed by atoms with van der Waals surface area (Å²) in [6, 6.07) is 2.39. The van der Waals surface area contributed by atoms with E-state index in [1.807, 2.05) is 0 Å². The van der Waals surface area contributed by atoms with E-state index in [2.05, 4.69) is 10.6 Å². The van der Waals surface area contributed by atoms with Crippen molar-refractivity contribution in [2.45, 2.75) is 30.8 Å². The Kier molecular flexibility index (Phi) is 7.34. The molecular weight excluding hydrogens is 385 g/mol. The molecule has 3 rings (SSSR count). The highest BCUT2D eigenvalue weighted by atomic mass is 35.5. The number of hydrogen-bond acceptors (Lipinski definition) is 3. The highest BCUT2D eigenvalue weighted by molar-refractivity contribution is 5.85. The van der Waals surface area contributed by atoms with E-state index in [0.29, 0.717) is 13.0 Å². The zero-order chi connectivity index (χ0) is 16.6. The molecule has 2 saturated heterocycles. The maximum Gasteiger partial charge on any atom is 0.262 e. The van der Waals surface area contributed by atoms with Gasteiger partial charge in [0.2, 0.25) is 5.91 Å². The maximum absolute atomic E-state index is 13.8. The van der Waals surface area contributed by atoms with Gasteiger partial charge in [-0.25, -0.2) is 17.6 Å². The summed E-state index contributed by atoms with van der Waals surface area (Å²) < 4.78 is 53.7. The Labute approximate surface area is 155 Å². The van der Waals surface area contributed by atoms with Crippen molar-refractivity contribution in [3.63, 3.8) is 0 Å². The minimum Gasteiger partial charge on any atom is -0.365 e. The van der Waals surface area contributed by atoms with Gasteiger partial charge < -0.3 is 10.2 Å². The number of rotatable bonds is 3. The molecule has 0 radical (unpaired) electrons. The normalized spacial score (nSPS) is 24.4. The molecule has 1 amide bonds. The fourth-order valence-electron chi connectivity index (χ4n) is 3.07. The summed E-state index contributed by atoms with van der Waals surface area (Å²) in [4.78, 5) is 13.5. The van der Waals surface area contributed by atoms with Crippen molar-refractivity contribution in [2.75, 3.05) is 24.5 Å². The topological polar surface area (TPSA) is 44.4 Å². The minimum absolute atomic E-state index is 0. The molecule has 142 valence electrons. The lowest BCUT2D eigenvalue weighted by molar-refractivity contribution is -0.124. The number of para-hydroxylation sites is 1. The molecule has 2 atom stereocenters. The van der Waals surface area contributed by atoms with Crippen LogP contribution in [0.5, 0.6) is 0 Å². The van der Waals surface area contributed by atoms with Gasteiger partial charge in [0.25, 0.3) is 5.92 Å². The van der Waals surface area contributed by atoms with Crippen LogP contribution in [0.25, 0.3) is 0 Å². The average molecular weight is 404 g/mol. The number of anilines is 1. The number of carbonyl (C=O) groups is 1. The molecule has 0 aromatic heterocycles. The van der Waals surface area contributed by atoms with Crippen LogP contribution in [0.1, 0.15) is 12.8 Å². The Morgan fingerprint density at radius 2 is 1.88 bits per heavy atom. The van der Waals surface area contributed by atoms with Gasteiger partial charge in [-0.05, 0) is 18.6 Å². The smallest absolute Gasteiger partial charge is 0.262 e. The minimum atomic E-state index is -2.87. The third-order valence-corrected chi connectivity index (χ3v) is 4.21. The van der Waals surface area contributed by atoms with E-state index in [4.69, 9.17) is 0 Å². The van der Waals surface area contributed by atoms with Crippen LogP contribution in [0.4, 0.5) is 23.2 Å². The van der Waals surface area contributed by atoms with Crippen LogP contribution in [0.2, 0.25) is 0 Å². The number of benzene rings is 1. The number of amides is 1. The molecule has 2 unspecified atom stereocenters. The Hall–Kier alpha value is -1.25. The highest BCUT2D eigenvalue weighted by Gasteiger charge is 2.43. The van der Waals surface area contributed by atoms with E-state index < -0.39 is 42.5 Å². The number of carbonyl (C=O) groups excluding carboxylic acids is 1. The van der Waals surface area contributed by atoms with E-state index in [9.17, 15) is 22.4 Å². The largest absolute Gasteiger partial charge is 0.365 e. The number of halogens is 6. The summed E-state index contributed by atoms with van der Waals surface area (Å²) in [6.07, 6.45) is -0.0279. The second-order valence-corrected chi connectivity index (χ2v) is 6.00. The van der Waals surface area contributed by atoms with Crippen LogP contribution in [-0.2, 0) is 4.79 Å². The lowest BCUT2D eigenvalue weighted by Gasteiger charge is -2.21. The van der Waals surface area contributed by atoms with E-state index in [1.54, 1.807) is 0 Å². The molecule has 10 heteroatoms. The molecule has 4 nitrogen and oxygen atoms in total. The summed E-state index contributed by atoms with van der Waals surface area (Å²) >= 11 is 0. The van der Waals surface area contributed by atoms with Gasteiger partial charge in [0.05, 0.1) is 12.6 Å². The Bertz CT molecular complexity index is 600. The zero-order valence-corrected chi connectivity index (χ0v) is 14.7. The number of nitrogens with zero attached hydrogens (tertiary/aromatic N) is 1. The molecule has 2 fully saturated rings. The maximum atomic E-state index is 13.8. The van der Waals surface area contributed by atoms with Gasteiger partial charge in [0.1, 0.15) is 17.3 Å². The Morgan fingerprint density at radius 1 is 1.24 bits per heavy atom. The monoisotopic (exact) mass is 403 g/mol. The molecular formula is C15H19Cl2F4N3O. The number of hydrogen-bond donors (Lipinski definition) is 2. The number of nitrogens with one attached hydrogen (secondary N) is 2. The summed E-state index contributed by atoms with van der Waals surface area (Å²) in [5.74, 6) is -4.69. The van der Waals surface area contributed by atoms with Gasteiger partial charge in [0, 0.05) is 25.6 Å². The van der Waals surface area contributed by atoms with E-state index >= 15 is 0 Å². The first-order chi connectivity index (χ1) is 10.9. The second-order valence-electron chi connectivity index (χ2n) is 6.00. The van der Waals surface area contributed by atoms with Crippen LogP contribution < -0.4 is 15.5 Å². The van der Waals surface area contributed by atoms with Crippen LogP contribution >= 0.6 is 24.8 Å². The Morgan fingerprint density at radius 3 is 2.44 bits per heavy atom. The number of alkyl halides is 2. The van der Waals surface area contributed by atoms with Gasteiger partial charge in [-0.15, -0.1) is 24.8 Å². The van der Waals surface area contributed by atoms with E-state index in [-0.39, 0.29) is 43.1 Å². The molecule has 25 heavy (non-hydrogen) atoms. The van der Waals surface area contributed by atoms with Crippen LogP contribution in [0, 0.1) is 11.6 Å². The van der Waals surface area contributed by atoms with E-state index in [0.717, 1.165) is 0 Å². The first-order valence-electron chi connectivity index (χ1n) is 7.46. The fraction of sp³-hybridized carbons (Fsp3) is 0.533. The fourth-order valence-corrected chi connectivity index (χ4v) is 3.07.